The van der Waals surface area contributed by atoms with Gasteiger partial charge in [0.2, 0.25) is 5.96 Å². The van der Waals surface area contributed by atoms with Crippen LogP contribution in [0, 0.1) is 0 Å². The molecule has 6 aromatic rings. The quantitative estimate of drug-likeness (QED) is 0.234. The third-order valence-corrected chi connectivity index (χ3v) is 7.84. The zero-order valence-corrected chi connectivity index (χ0v) is 21.3. The topological polar surface area (TPSA) is 20.5 Å². The molecule has 0 saturated carbocycles. The van der Waals surface area contributed by atoms with Crippen molar-refractivity contribution in [3.63, 3.8) is 0 Å². The molecule has 0 fully saturated rings. The average molecular weight is 500 g/mol. The molecular formula is C36H25N3. The third-order valence-electron chi connectivity index (χ3n) is 7.84. The van der Waals surface area contributed by atoms with E-state index in [9.17, 15) is 0 Å². The van der Waals surface area contributed by atoms with Crippen molar-refractivity contribution in [3.05, 3.63) is 151 Å². The fraction of sp³-hybridized carbons (Fsp3) is 0.0278. The van der Waals surface area contributed by atoms with Crippen molar-refractivity contribution >= 4 is 44.1 Å². The highest BCUT2D eigenvalue weighted by atomic mass is 15.3. The highest BCUT2D eigenvalue weighted by molar-refractivity contribution is 6.23. The first kappa shape index (κ1) is 21.9. The summed E-state index contributed by atoms with van der Waals surface area (Å²) >= 11 is 0. The molecule has 0 unspecified atom stereocenters. The van der Waals surface area contributed by atoms with E-state index in [4.69, 9.17) is 4.99 Å². The normalized spacial score (nSPS) is 14.9. The minimum Gasteiger partial charge on any atom is -0.307 e. The zero-order valence-electron chi connectivity index (χ0n) is 21.3. The Labute approximate surface area is 227 Å². The number of nitrogens with zero attached hydrogens (tertiary/aromatic N) is 3. The van der Waals surface area contributed by atoms with Gasteiger partial charge in [-0.3, -0.25) is 4.57 Å². The van der Waals surface area contributed by atoms with E-state index >= 15 is 0 Å². The molecule has 0 amide bonds. The molecule has 0 N–H and O–H groups in total. The van der Waals surface area contributed by atoms with Crippen LogP contribution >= 0.6 is 0 Å². The highest BCUT2D eigenvalue weighted by Crippen LogP contribution is 2.38. The molecule has 0 radical (unpaired) electrons. The molecule has 3 nitrogen and oxygen atoms in total. The lowest BCUT2D eigenvalue weighted by Gasteiger charge is -2.34. The molecule has 2 aliphatic heterocycles. The molecule has 0 atom stereocenters. The number of rotatable bonds is 2. The van der Waals surface area contributed by atoms with Crippen molar-refractivity contribution in [1.29, 1.82) is 0 Å². The zero-order chi connectivity index (χ0) is 25.8. The Hall–Kier alpha value is -5.15. The molecular weight excluding hydrogens is 474 g/mol. The van der Waals surface area contributed by atoms with Crippen LogP contribution in [-0.2, 0) is 0 Å². The predicted octanol–water partition coefficient (Wildman–Crippen LogP) is 8.63. The number of benzene rings is 5. The Bertz CT molecular complexity index is 2040. The average Bonchev–Trinajstić information content (AvgIpc) is 3.36. The van der Waals surface area contributed by atoms with Crippen molar-refractivity contribution in [2.45, 2.75) is 0 Å². The van der Waals surface area contributed by atoms with Crippen molar-refractivity contribution in [3.8, 4) is 11.1 Å². The van der Waals surface area contributed by atoms with Crippen molar-refractivity contribution in [2.75, 3.05) is 6.54 Å². The van der Waals surface area contributed by atoms with Crippen LogP contribution in [0.4, 0.5) is 0 Å². The molecule has 0 bridgehead atoms. The summed E-state index contributed by atoms with van der Waals surface area (Å²) < 4.78 is 2.33. The second kappa shape index (κ2) is 8.71. The van der Waals surface area contributed by atoms with Crippen LogP contribution in [0.5, 0.6) is 0 Å². The number of para-hydroxylation sites is 1. The molecule has 2 aliphatic rings. The van der Waals surface area contributed by atoms with E-state index < -0.39 is 0 Å². The van der Waals surface area contributed by atoms with Crippen LogP contribution in [0.3, 0.4) is 0 Å². The van der Waals surface area contributed by atoms with Crippen LogP contribution in [0.1, 0.15) is 5.56 Å². The van der Waals surface area contributed by atoms with Crippen molar-refractivity contribution in [1.82, 2.24) is 9.47 Å². The summed E-state index contributed by atoms with van der Waals surface area (Å²) in [6.07, 6.45) is 8.61. The number of aliphatic imine (C=N–C) groups is 1. The standard InChI is InChI=1S/C36H25N3/c1-2-11-25(12-3-1)27-14-10-15-28(23-27)31-24-37-36(38-22-9-8-18-32(31)38)39-33-19-7-6-17-30(33)35-29-16-5-4-13-26(29)20-21-34(35)39/h1-21,23-24H,22H2. The summed E-state index contributed by atoms with van der Waals surface area (Å²) in [5.41, 5.74) is 8.22. The summed E-state index contributed by atoms with van der Waals surface area (Å²) in [5, 5.41) is 5.04. The number of aromatic nitrogens is 1. The Morgan fingerprint density at radius 3 is 2.31 bits per heavy atom. The Kier molecular flexibility index (Phi) is 4.89. The van der Waals surface area contributed by atoms with E-state index in [1.807, 2.05) is 6.20 Å². The van der Waals surface area contributed by atoms with E-state index in [0.717, 1.165) is 18.1 Å². The smallest absolute Gasteiger partial charge is 0.215 e. The maximum absolute atomic E-state index is 5.17. The van der Waals surface area contributed by atoms with E-state index in [2.05, 4.69) is 143 Å². The molecule has 3 heterocycles. The number of hydrogen-bond donors (Lipinski definition) is 0. The first-order chi connectivity index (χ1) is 19.4. The highest BCUT2D eigenvalue weighted by Gasteiger charge is 2.28. The maximum atomic E-state index is 5.17. The molecule has 184 valence electrons. The molecule has 0 spiro atoms. The second-order valence-electron chi connectivity index (χ2n) is 10.0. The van der Waals surface area contributed by atoms with Gasteiger partial charge in [-0.25, -0.2) is 4.99 Å². The molecule has 0 aliphatic carbocycles. The van der Waals surface area contributed by atoms with Gasteiger partial charge in [-0.2, -0.15) is 0 Å². The first-order valence-electron chi connectivity index (χ1n) is 13.4. The minimum absolute atomic E-state index is 0.766. The van der Waals surface area contributed by atoms with Gasteiger partial charge in [0.15, 0.2) is 0 Å². The summed E-state index contributed by atoms with van der Waals surface area (Å²) in [4.78, 5) is 7.50. The van der Waals surface area contributed by atoms with Gasteiger partial charge in [0, 0.05) is 29.1 Å². The van der Waals surface area contributed by atoms with Gasteiger partial charge in [-0.1, -0.05) is 109 Å². The lowest BCUT2D eigenvalue weighted by atomic mass is 9.96. The molecule has 3 heteroatoms. The summed E-state index contributed by atoms with van der Waals surface area (Å²) in [6, 6.07) is 41.1. The Morgan fingerprint density at radius 2 is 1.38 bits per heavy atom. The summed E-state index contributed by atoms with van der Waals surface area (Å²) in [5.74, 6) is 0.926. The van der Waals surface area contributed by atoms with Gasteiger partial charge in [0.05, 0.1) is 16.7 Å². The maximum Gasteiger partial charge on any atom is 0.215 e. The fourth-order valence-electron chi connectivity index (χ4n) is 6.05. The molecule has 1 aromatic heterocycles. The number of fused-ring (bicyclic) bond motifs is 6. The van der Waals surface area contributed by atoms with Crippen LogP contribution in [-0.4, -0.2) is 22.0 Å². The van der Waals surface area contributed by atoms with Gasteiger partial charge in [0.25, 0.3) is 0 Å². The van der Waals surface area contributed by atoms with Crippen LogP contribution in [0.15, 0.2) is 150 Å². The summed E-state index contributed by atoms with van der Waals surface area (Å²) in [7, 11) is 0. The van der Waals surface area contributed by atoms with Gasteiger partial charge < -0.3 is 4.90 Å². The first-order valence-corrected chi connectivity index (χ1v) is 13.4. The fourth-order valence-corrected chi connectivity index (χ4v) is 6.05. The van der Waals surface area contributed by atoms with Crippen molar-refractivity contribution in [2.24, 2.45) is 4.99 Å². The lowest BCUT2D eigenvalue weighted by Crippen LogP contribution is -2.38. The number of hydrogen-bond acceptors (Lipinski definition) is 2. The SMILES string of the molecule is C1=CCN2C(=C1)C(c1cccc(-c3ccccc3)c1)=CN=C2n1c2ccccc2c2c3ccccc3ccc21. The lowest BCUT2D eigenvalue weighted by molar-refractivity contribution is 0.562. The van der Waals surface area contributed by atoms with E-state index in [1.54, 1.807) is 0 Å². The van der Waals surface area contributed by atoms with Crippen LogP contribution in [0.25, 0.3) is 49.3 Å². The largest absolute Gasteiger partial charge is 0.307 e. The van der Waals surface area contributed by atoms with E-state index in [0.29, 0.717) is 0 Å². The second-order valence-corrected chi connectivity index (χ2v) is 10.0. The van der Waals surface area contributed by atoms with Gasteiger partial charge in [0.1, 0.15) is 0 Å². The van der Waals surface area contributed by atoms with E-state index in [-0.39, 0.29) is 0 Å². The number of allylic oxidation sites excluding steroid dienone is 3. The monoisotopic (exact) mass is 499 g/mol. The Balaban J connectivity index is 1.35. The van der Waals surface area contributed by atoms with E-state index in [1.165, 1.54) is 55.0 Å². The van der Waals surface area contributed by atoms with Gasteiger partial charge >= 0.3 is 0 Å². The molecule has 8 rings (SSSR count). The molecule has 5 aromatic carbocycles. The third kappa shape index (κ3) is 3.40. The summed E-state index contributed by atoms with van der Waals surface area (Å²) in [6.45, 7) is 0.766. The minimum atomic E-state index is 0.766. The molecule has 39 heavy (non-hydrogen) atoms. The predicted molar refractivity (Wildman–Crippen MR) is 164 cm³/mol. The Morgan fingerprint density at radius 1 is 0.615 bits per heavy atom. The van der Waals surface area contributed by atoms with Gasteiger partial charge in [-0.15, -0.1) is 0 Å². The molecule has 0 saturated heterocycles. The van der Waals surface area contributed by atoms with Gasteiger partial charge in [-0.05, 0) is 51.7 Å². The van der Waals surface area contributed by atoms with Crippen LogP contribution in [0.2, 0.25) is 0 Å². The van der Waals surface area contributed by atoms with Crippen molar-refractivity contribution < 1.29 is 0 Å². The van der Waals surface area contributed by atoms with Crippen LogP contribution < -0.4 is 0 Å².